The number of rotatable bonds is 3. The molecule has 0 unspecified atom stereocenters. The number of carbonyl (C=O) groups excluding carboxylic acids is 1. The third-order valence-corrected chi connectivity index (χ3v) is 1.62. The van der Waals surface area contributed by atoms with Crippen LogP contribution in [0.1, 0.15) is 5.56 Å². The van der Waals surface area contributed by atoms with Gasteiger partial charge < -0.3 is 26.5 Å². The predicted octanol–water partition coefficient (Wildman–Crippen LogP) is -4.07. The molecule has 0 heterocycles. The molecule has 0 aliphatic heterocycles. The number of carboxylic acids is 1. The minimum Gasteiger partial charge on any atom is -0.530 e. The smallest absolute Gasteiger partial charge is 0.530 e. The molecule has 0 radical (unpaired) electrons. The fourth-order valence-electron chi connectivity index (χ4n) is 0.955. The van der Waals surface area contributed by atoms with Gasteiger partial charge in [-0.05, 0) is 12.0 Å². The van der Waals surface area contributed by atoms with Gasteiger partial charge in [0.05, 0.1) is 0 Å². The molecule has 1 rings (SSSR count). The predicted molar refractivity (Wildman–Crippen MR) is 55.3 cm³/mol. The summed E-state index contributed by atoms with van der Waals surface area (Å²) in [6.45, 7) is 0. The SMILES string of the molecule is NC(=O)[O-].N[C@@H](Cc1ccccc1)C(=O)O.[Na+]. The van der Waals surface area contributed by atoms with E-state index < -0.39 is 18.1 Å². The first-order valence-corrected chi connectivity index (χ1v) is 4.42. The van der Waals surface area contributed by atoms with Gasteiger partial charge in [-0.1, -0.05) is 30.3 Å². The van der Waals surface area contributed by atoms with Crippen molar-refractivity contribution < 1.29 is 49.4 Å². The van der Waals surface area contributed by atoms with Crippen molar-refractivity contribution in [3.63, 3.8) is 0 Å². The molecule has 5 N–H and O–H groups in total. The van der Waals surface area contributed by atoms with E-state index in [-0.39, 0.29) is 29.6 Å². The van der Waals surface area contributed by atoms with Gasteiger partial charge in [-0.25, -0.2) is 0 Å². The van der Waals surface area contributed by atoms with Gasteiger partial charge >= 0.3 is 35.5 Å². The van der Waals surface area contributed by atoms with Gasteiger partial charge in [0.15, 0.2) is 0 Å². The van der Waals surface area contributed by atoms with Crippen molar-refractivity contribution in [2.45, 2.75) is 12.5 Å². The number of benzene rings is 1. The summed E-state index contributed by atoms with van der Waals surface area (Å²) < 4.78 is 0. The van der Waals surface area contributed by atoms with Crippen molar-refractivity contribution in [2.75, 3.05) is 0 Å². The number of hydrogen-bond acceptors (Lipinski definition) is 4. The maximum absolute atomic E-state index is 10.4. The Morgan fingerprint density at radius 3 is 2.06 bits per heavy atom. The van der Waals surface area contributed by atoms with Gasteiger partial charge in [0.1, 0.15) is 12.1 Å². The topological polar surface area (TPSA) is 129 Å². The van der Waals surface area contributed by atoms with Crippen molar-refractivity contribution in [3.8, 4) is 0 Å². The minimum atomic E-state index is -1.58. The summed E-state index contributed by atoms with van der Waals surface area (Å²) in [5.74, 6) is -0.959. The summed E-state index contributed by atoms with van der Waals surface area (Å²) in [4.78, 5) is 19.0. The van der Waals surface area contributed by atoms with E-state index in [1.807, 2.05) is 30.3 Å². The van der Waals surface area contributed by atoms with E-state index in [9.17, 15) is 4.79 Å². The number of hydrogen-bond donors (Lipinski definition) is 3. The van der Waals surface area contributed by atoms with Crippen molar-refractivity contribution in [1.82, 2.24) is 0 Å². The standard InChI is InChI=1S/C9H11NO2.CH3NO2.Na/c10-8(9(11)12)6-7-4-2-1-3-5-7;2-1(3)4;/h1-5,8H,6,10H2,(H,11,12);2H2,(H,3,4);/q;;+1/p-1/t8-;;/m0../s1. The van der Waals surface area contributed by atoms with Crippen LogP contribution in [-0.4, -0.2) is 23.2 Å². The Labute approximate surface area is 121 Å². The zero-order valence-corrected chi connectivity index (χ0v) is 11.5. The maximum Gasteiger partial charge on any atom is 1.00 e. The molecule has 0 saturated heterocycles. The molecule has 0 saturated carbocycles. The Balaban J connectivity index is 0. The molecule has 1 amide bonds. The number of primary amides is 1. The average Bonchev–Trinajstić information content (AvgIpc) is 2.18. The number of carboxylic acid groups (broad SMARTS) is 2. The fraction of sp³-hybridized carbons (Fsp3) is 0.200. The molecule has 0 bridgehead atoms. The molecule has 0 aromatic heterocycles. The van der Waals surface area contributed by atoms with Crippen LogP contribution in [0, 0.1) is 0 Å². The number of carbonyl (C=O) groups is 2. The Kier molecular flexibility index (Phi) is 10.9. The largest absolute Gasteiger partial charge is 1.00 e. The van der Waals surface area contributed by atoms with Crippen LogP contribution in [0.2, 0.25) is 0 Å². The maximum atomic E-state index is 10.4. The van der Waals surface area contributed by atoms with E-state index in [1.54, 1.807) is 0 Å². The second-order valence-electron chi connectivity index (χ2n) is 2.95. The first-order chi connectivity index (χ1) is 7.43. The van der Waals surface area contributed by atoms with Crippen molar-refractivity contribution in [1.29, 1.82) is 0 Å². The molecule has 0 aliphatic rings. The molecule has 1 aromatic rings. The zero-order valence-electron chi connectivity index (χ0n) is 9.50. The summed E-state index contributed by atoms with van der Waals surface area (Å²) in [5, 5.41) is 17.2. The van der Waals surface area contributed by atoms with E-state index in [0.717, 1.165) is 5.56 Å². The minimum absolute atomic E-state index is 0. The van der Waals surface area contributed by atoms with Crippen molar-refractivity contribution in [3.05, 3.63) is 35.9 Å². The van der Waals surface area contributed by atoms with Crippen LogP contribution >= 0.6 is 0 Å². The molecule has 1 atom stereocenters. The van der Waals surface area contributed by atoms with Gasteiger partial charge in [0.25, 0.3) is 0 Å². The van der Waals surface area contributed by atoms with Gasteiger partial charge in [0, 0.05) is 0 Å². The van der Waals surface area contributed by atoms with Crippen LogP contribution in [0.25, 0.3) is 0 Å². The van der Waals surface area contributed by atoms with Crippen molar-refractivity contribution >= 4 is 12.1 Å². The monoisotopic (exact) mass is 248 g/mol. The van der Waals surface area contributed by atoms with Crippen molar-refractivity contribution in [2.24, 2.45) is 11.5 Å². The van der Waals surface area contributed by atoms with Crippen LogP contribution in [0.4, 0.5) is 4.79 Å². The number of nitrogens with two attached hydrogens (primary N) is 2. The Bertz CT molecular complexity index is 341. The van der Waals surface area contributed by atoms with Gasteiger partial charge in [-0.3, -0.25) is 4.79 Å². The summed E-state index contributed by atoms with van der Waals surface area (Å²) >= 11 is 0. The van der Waals surface area contributed by atoms with Crippen LogP contribution in [-0.2, 0) is 11.2 Å². The first-order valence-electron chi connectivity index (χ1n) is 4.42. The molecular weight excluding hydrogens is 235 g/mol. The quantitative estimate of drug-likeness (QED) is 0.468. The Hall–Kier alpha value is -1.08. The fourth-order valence-corrected chi connectivity index (χ4v) is 0.955. The van der Waals surface area contributed by atoms with E-state index in [0.29, 0.717) is 6.42 Å². The molecule has 0 aliphatic carbocycles. The second-order valence-corrected chi connectivity index (χ2v) is 2.95. The van der Waals surface area contributed by atoms with Gasteiger partial charge in [-0.2, -0.15) is 0 Å². The second kappa shape index (κ2) is 10.1. The van der Waals surface area contributed by atoms with Crippen LogP contribution < -0.4 is 46.1 Å². The molecule has 6 nitrogen and oxygen atoms in total. The molecule has 0 fully saturated rings. The summed E-state index contributed by atoms with van der Waals surface area (Å²) in [7, 11) is 0. The third kappa shape index (κ3) is 11.2. The summed E-state index contributed by atoms with van der Waals surface area (Å²) in [5.41, 5.74) is 10.2. The normalized spacial score (nSPS) is 10.2. The molecule has 1 aromatic carbocycles. The molecular formula is C10H13N2NaO4. The number of aliphatic carboxylic acids is 1. The zero-order chi connectivity index (χ0) is 12.6. The average molecular weight is 248 g/mol. The van der Waals surface area contributed by atoms with Crippen LogP contribution in [0.5, 0.6) is 0 Å². The first kappa shape index (κ1) is 18.3. The molecule has 17 heavy (non-hydrogen) atoms. The molecule has 7 heteroatoms. The van der Waals surface area contributed by atoms with E-state index in [1.165, 1.54) is 0 Å². The van der Waals surface area contributed by atoms with Crippen LogP contribution in [0.15, 0.2) is 30.3 Å². The van der Waals surface area contributed by atoms with Gasteiger partial charge in [-0.15, -0.1) is 0 Å². The van der Waals surface area contributed by atoms with Gasteiger partial charge in [0.2, 0.25) is 0 Å². The Morgan fingerprint density at radius 2 is 1.71 bits per heavy atom. The summed E-state index contributed by atoms with van der Waals surface area (Å²) in [6, 6.07) is 8.54. The van der Waals surface area contributed by atoms with E-state index in [2.05, 4.69) is 5.73 Å². The molecule has 88 valence electrons. The van der Waals surface area contributed by atoms with E-state index >= 15 is 0 Å². The molecule has 0 spiro atoms. The van der Waals surface area contributed by atoms with Crippen LogP contribution in [0.3, 0.4) is 0 Å². The Morgan fingerprint density at radius 1 is 1.29 bits per heavy atom. The number of amides is 1. The summed E-state index contributed by atoms with van der Waals surface area (Å²) in [6.07, 6.45) is -1.20. The van der Waals surface area contributed by atoms with E-state index in [4.69, 9.17) is 20.7 Å². The third-order valence-electron chi connectivity index (χ3n) is 1.62.